The number of unbranched alkanes of at least 4 members (excludes halogenated alkanes) is 1. The fourth-order valence-electron chi connectivity index (χ4n) is 1.46. The van der Waals surface area contributed by atoms with Gasteiger partial charge in [-0.05, 0) is 6.42 Å². The van der Waals surface area contributed by atoms with Crippen molar-refractivity contribution in [2.75, 3.05) is 12.4 Å². The molecule has 0 aromatic carbocycles. The maximum Gasteiger partial charge on any atom is 0.269 e. The first kappa shape index (κ1) is 14.8. The van der Waals surface area contributed by atoms with Gasteiger partial charge in [0, 0.05) is 0 Å². The van der Waals surface area contributed by atoms with Crippen LogP contribution in [-0.2, 0) is 19.0 Å². The van der Waals surface area contributed by atoms with E-state index in [4.69, 9.17) is 9.84 Å². The molecule has 0 amide bonds. The molecule has 7 nitrogen and oxygen atoms in total. The van der Waals surface area contributed by atoms with Crippen molar-refractivity contribution in [2.24, 2.45) is 0 Å². The third kappa shape index (κ3) is 3.87. The molecule has 0 aromatic rings. The van der Waals surface area contributed by atoms with E-state index in [1.165, 1.54) is 0 Å². The summed E-state index contributed by atoms with van der Waals surface area (Å²) in [6.07, 6.45) is -4.19. The van der Waals surface area contributed by atoms with Gasteiger partial charge in [0.25, 0.3) is 10.1 Å². The molecular formula is C9H18O7S. The minimum absolute atomic E-state index is 0.171. The van der Waals surface area contributed by atoms with E-state index in [0.717, 1.165) is 0 Å². The summed E-state index contributed by atoms with van der Waals surface area (Å²) in [4.78, 5) is 0. The normalized spacial score (nSPS) is 34.1. The molecule has 102 valence electrons. The van der Waals surface area contributed by atoms with E-state index in [2.05, 4.69) is 4.18 Å². The molecule has 0 unspecified atom stereocenters. The molecule has 8 heteroatoms. The average Bonchev–Trinajstić information content (AvgIpc) is 2.54. The van der Waals surface area contributed by atoms with Gasteiger partial charge >= 0.3 is 0 Å². The fourth-order valence-corrected chi connectivity index (χ4v) is 2.65. The zero-order valence-corrected chi connectivity index (χ0v) is 10.3. The quantitative estimate of drug-likeness (QED) is 0.507. The van der Waals surface area contributed by atoms with Gasteiger partial charge in [-0.1, -0.05) is 13.3 Å². The molecule has 3 N–H and O–H groups in total. The Kier molecular flexibility index (Phi) is 5.29. The molecule has 1 aliphatic heterocycles. The van der Waals surface area contributed by atoms with Crippen molar-refractivity contribution in [1.82, 2.24) is 0 Å². The molecule has 1 aliphatic rings. The minimum atomic E-state index is -3.79. The van der Waals surface area contributed by atoms with Crippen LogP contribution in [0.15, 0.2) is 0 Å². The van der Waals surface area contributed by atoms with Gasteiger partial charge in [0.05, 0.1) is 12.4 Å². The lowest BCUT2D eigenvalue weighted by Gasteiger charge is -2.14. The van der Waals surface area contributed by atoms with Crippen molar-refractivity contribution in [3.8, 4) is 0 Å². The second-order valence-electron chi connectivity index (χ2n) is 3.92. The highest BCUT2D eigenvalue weighted by atomic mass is 32.2. The fraction of sp³-hybridized carbons (Fsp3) is 1.00. The molecule has 0 bridgehead atoms. The zero-order chi connectivity index (χ0) is 13.1. The van der Waals surface area contributed by atoms with Crippen molar-refractivity contribution in [3.63, 3.8) is 0 Å². The van der Waals surface area contributed by atoms with Gasteiger partial charge in [0.1, 0.15) is 18.3 Å². The lowest BCUT2D eigenvalue weighted by molar-refractivity contribution is -0.113. The second-order valence-corrected chi connectivity index (χ2v) is 5.63. The molecule has 0 aliphatic carbocycles. The van der Waals surface area contributed by atoms with Crippen LogP contribution < -0.4 is 0 Å². The van der Waals surface area contributed by atoms with E-state index in [0.29, 0.717) is 12.8 Å². The van der Waals surface area contributed by atoms with Crippen LogP contribution in [0.1, 0.15) is 19.8 Å². The third-order valence-corrected chi connectivity index (χ3v) is 3.76. The van der Waals surface area contributed by atoms with Crippen LogP contribution in [0.3, 0.4) is 0 Å². The van der Waals surface area contributed by atoms with Gasteiger partial charge in [-0.25, -0.2) is 4.18 Å². The van der Waals surface area contributed by atoms with Crippen LogP contribution >= 0.6 is 0 Å². The summed E-state index contributed by atoms with van der Waals surface area (Å²) < 4.78 is 32.4. The predicted molar refractivity (Wildman–Crippen MR) is 57.5 cm³/mol. The van der Waals surface area contributed by atoms with Gasteiger partial charge in [-0.15, -0.1) is 0 Å². The van der Waals surface area contributed by atoms with Gasteiger partial charge < -0.3 is 20.1 Å². The molecule has 0 radical (unpaired) electrons. The lowest BCUT2D eigenvalue weighted by atomic mass is 10.1. The van der Waals surface area contributed by atoms with Crippen molar-refractivity contribution >= 4 is 10.1 Å². The molecule has 1 saturated heterocycles. The highest BCUT2D eigenvalue weighted by Gasteiger charge is 2.45. The molecule has 0 spiro atoms. The standard InChI is InChI=1S/C9H18O7S/c1-2-3-4-17(13,14)16-9-8(12)7(11)6(5-10)15-9/h6-12H,2-5H2,1H3/t6-,7-,8+,9+/m1/s1. The number of hydrogen-bond donors (Lipinski definition) is 3. The summed E-state index contributed by atoms with van der Waals surface area (Å²) in [6.45, 7) is 1.31. The summed E-state index contributed by atoms with van der Waals surface area (Å²) in [5, 5.41) is 27.7. The van der Waals surface area contributed by atoms with Crippen LogP contribution in [0, 0.1) is 0 Å². The predicted octanol–water partition coefficient (Wildman–Crippen LogP) is -1.43. The van der Waals surface area contributed by atoms with Crippen LogP contribution in [0.4, 0.5) is 0 Å². The summed E-state index contributed by atoms with van der Waals surface area (Å²) in [6, 6.07) is 0. The van der Waals surface area contributed by atoms with E-state index >= 15 is 0 Å². The van der Waals surface area contributed by atoms with Crippen molar-refractivity contribution in [1.29, 1.82) is 0 Å². The second kappa shape index (κ2) is 6.07. The molecule has 0 saturated carbocycles. The Balaban J connectivity index is 2.58. The van der Waals surface area contributed by atoms with Crippen molar-refractivity contribution < 1.29 is 32.7 Å². The van der Waals surface area contributed by atoms with E-state index in [-0.39, 0.29) is 5.75 Å². The first-order chi connectivity index (χ1) is 7.91. The molecular weight excluding hydrogens is 252 g/mol. The monoisotopic (exact) mass is 270 g/mol. The highest BCUT2D eigenvalue weighted by molar-refractivity contribution is 7.86. The Morgan fingerprint density at radius 2 is 1.94 bits per heavy atom. The maximum absolute atomic E-state index is 11.4. The highest BCUT2D eigenvalue weighted by Crippen LogP contribution is 2.23. The smallest absolute Gasteiger partial charge is 0.269 e. The van der Waals surface area contributed by atoms with Gasteiger partial charge in [0.2, 0.25) is 6.29 Å². The number of rotatable bonds is 6. The van der Waals surface area contributed by atoms with E-state index in [1.54, 1.807) is 0 Å². The third-order valence-electron chi connectivity index (χ3n) is 2.49. The van der Waals surface area contributed by atoms with Crippen molar-refractivity contribution in [3.05, 3.63) is 0 Å². The van der Waals surface area contributed by atoms with Gasteiger partial charge in [0.15, 0.2) is 0 Å². The van der Waals surface area contributed by atoms with Crippen LogP contribution in [0.5, 0.6) is 0 Å². The molecule has 0 aromatic heterocycles. The number of aliphatic hydroxyl groups is 3. The maximum atomic E-state index is 11.4. The number of hydrogen-bond acceptors (Lipinski definition) is 7. The SMILES string of the molecule is CCCCS(=O)(=O)O[C@@H]1O[C@H](CO)[C@@H](O)[C@@H]1O. The Labute approximate surface area is 100 Å². The summed E-state index contributed by atoms with van der Waals surface area (Å²) in [5.41, 5.74) is 0. The number of aliphatic hydroxyl groups excluding tert-OH is 3. The zero-order valence-electron chi connectivity index (χ0n) is 9.52. The number of ether oxygens (including phenoxy) is 1. The molecule has 1 fully saturated rings. The minimum Gasteiger partial charge on any atom is -0.394 e. The van der Waals surface area contributed by atoms with Crippen LogP contribution in [0.2, 0.25) is 0 Å². The first-order valence-electron chi connectivity index (χ1n) is 5.44. The first-order valence-corrected chi connectivity index (χ1v) is 7.02. The van der Waals surface area contributed by atoms with E-state index < -0.39 is 41.3 Å². The molecule has 17 heavy (non-hydrogen) atoms. The Hall–Kier alpha value is -0.250. The summed E-state index contributed by atoms with van der Waals surface area (Å²) in [7, 11) is -3.79. The van der Waals surface area contributed by atoms with E-state index in [9.17, 15) is 18.6 Å². The van der Waals surface area contributed by atoms with E-state index in [1.807, 2.05) is 6.92 Å². The Morgan fingerprint density at radius 1 is 1.29 bits per heavy atom. The Morgan fingerprint density at radius 3 is 2.41 bits per heavy atom. The summed E-state index contributed by atoms with van der Waals surface area (Å²) in [5.74, 6) is -0.171. The average molecular weight is 270 g/mol. The summed E-state index contributed by atoms with van der Waals surface area (Å²) >= 11 is 0. The molecule has 4 atom stereocenters. The Bertz CT molecular complexity index is 328. The van der Waals surface area contributed by atoms with Crippen molar-refractivity contribution in [2.45, 2.75) is 44.4 Å². The molecule has 1 rings (SSSR count). The topological polar surface area (TPSA) is 113 Å². The van der Waals surface area contributed by atoms with Crippen LogP contribution in [-0.4, -0.2) is 60.7 Å². The lowest BCUT2D eigenvalue weighted by Crippen LogP contribution is -2.35. The molecule has 1 heterocycles. The van der Waals surface area contributed by atoms with Gasteiger partial charge in [-0.2, -0.15) is 8.42 Å². The van der Waals surface area contributed by atoms with Gasteiger partial charge in [-0.3, -0.25) is 0 Å². The van der Waals surface area contributed by atoms with Crippen LogP contribution in [0.25, 0.3) is 0 Å². The largest absolute Gasteiger partial charge is 0.394 e.